The smallest absolute Gasteiger partial charge is 0.245 e. The summed E-state index contributed by atoms with van der Waals surface area (Å²) in [5.41, 5.74) is 0.0820. The van der Waals surface area contributed by atoms with E-state index >= 15 is 0 Å². The SMILES string of the molecule is C[C@H](C(=O)N[C@H](c1ccc(OCC23CCC(CC2)CC3)cc1)C(C)(C)O)n1cccn1. The second-order valence-corrected chi connectivity index (χ2v) is 10.1. The van der Waals surface area contributed by atoms with Crippen LogP contribution in [0.3, 0.4) is 0 Å². The van der Waals surface area contributed by atoms with Crippen molar-refractivity contribution in [2.75, 3.05) is 6.61 Å². The van der Waals surface area contributed by atoms with E-state index in [1.54, 1.807) is 43.9 Å². The number of aliphatic hydroxyl groups is 1. The van der Waals surface area contributed by atoms with Gasteiger partial charge in [0.2, 0.25) is 5.91 Å². The zero-order chi connectivity index (χ0) is 22.1. The first-order chi connectivity index (χ1) is 14.8. The van der Waals surface area contributed by atoms with Gasteiger partial charge in [0.15, 0.2) is 0 Å². The molecule has 168 valence electrons. The number of hydrogen-bond donors (Lipinski definition) is 2. The van der Waals surface area contributed by atoms with Crippen LogP contribution in [0.2, 0.25) is 0 Å². The number of nitrogens with zero attached hydrogens (tertiary/aromatic N) is 2. The van der Waals surface area contributed by atoms with Gasteiger partial charge in [-0.05, 0) is 89.0 Å². The highest BCUT2D eigenvalue weighted by Gasteiger charge is 2.41. The van der Waals surface area contributed by atoms with Crippen molar-refractivity contribution in [1.29, 1.82) is 0 Å². The molecule has 0 aliphatic heterocycles. The first-order valence-electron chi connectivity index (χ1n) is 11.5. The van der Waals surface area contributed by atoms with E-state index in [2.05, 4.69) is 10.4 Å². The van der Waals surface area contributed by atoms with E-state index in [4.69, 9.17) is 4.74 Å². The molecule has 3 aliphatic rings. The maximum absolute atomic E-state index is 12.8. The number of amides is 1. The van der Waals surface area contributed by atoms with Gasteiger partial charge in [0.05, 0.1) is 18.2 Å². The molecule has 3 fully saturated rings. The van der Waals surface area contributed by atoms with Crippen LogP contribution in [0, 0.1) is 11.3 Å². The Morgan fingerprint density at radius 3 is 2.45 bits per heavy atom. The molecule has 2 aromatic rings. The van der Waals surface area contributed by atoms with E-state index in [1.807, 2.05) is 24.3 Å². The van der Waals surface area contributed by atoms with Gasteiger partial charge in [-0.3, -0.25) is 9.48 Å². The highest BCUT2D eigenvalue weighted by atomic mass is 16.5. The lowest BCUT2D eigenvalue weighted by atomic mass is 9.61. The van der Waals surface area contributed by atoms with Crippen LogP contribution < -0.4 is 10.1 Å². The van der Waals surface area contributed by atoms with E-state index < -0.39 is 17.7 Å². The summed E-state index contributed by atoms with van der Waals surface area (Å²) in [6.07, 6.45) is 11.3. The monoisotopic (exact) mass is 425 g/mol. The molecule has 2 atom stereocenters. The molecule has 2 bridgehead atoms. The number of carbonyl (C=O) groups excluding carboxylic acids is 1. The van der Waals surface area contributed by atoms with Gasteiger partial charge in [0.25, 0.3) is 0 Å². The lowest BCUT2D eigenvalue weighted by Gasteiger charge is -2.46. The number of hydrogen-bond acceptors (Lipinski definition) is 4. The summed E-state index contributed by atoms with van der Waals surface area (Å²) in [6.45, 7) is 5.99. The Kier molecular flexibility index (Phi) is 6.11. The summed E-state index contributed by atoms with van der Waals surface area (Å²) in [5, 5.41) is 17.9. The molecule has 5 rings (SSSR count). The fraction of sp³-hybridized carbons (Fsp3) is 0.600. The van der Waals surface area contributed by atoms with Crippen LogP contribution in [0.4, 0.5) is 0 Å². The zero-order valence-electron chi connectivity index (χ0n) is 18.9. The second kappa shape index (κ2) is 8.65. The van der Waals surface area contributed by atoms with Crippen LogP contribution in [0.25, 0.3) is 0 Å². The topological polar surface area (TPSA) is 76.4 Å². The third-order valence-corrected chi connectivity index (χ3v) is 7.30. The minimum atomic E-state index is -1.12. The Morgan fingerprint density at radius 1 is 1.26 bits per heavy atom. The van der Waals surface area contributed by atoms with Gasteiger partial charge >= 0.3 is 0 Å². The third kappa shape index (κ3) is 4.95. The maximum atomic E-state index is 12.8. The van der Waals surface area contributed by atoms with Crippen molar-refractivity contribution in [1.82, 2.24) is 15.1 Å². The number of carbonyl (C=O) groups is 1. The first kappa shape index (κ1) is 21.9. The normalized spacial score (nSPS) is 25.1. The Labute approximate surface area is 185 Å². The average Bonchev–Trinajstić information content (AvgIpc) is 3.31. The molecule has 0 unspecified atom stereocenters. The van der Waals surface area contributed by atoms with E-state index in [0.29, 0.717) is 5.41 Å². The predicted octanol–water partition coefficient (Wildman–Crippen LogP) is 4.42. The molecule has 1 aromatic heterocycles. The summed E-state index contributed by atoms with van der Waals surface area (Å²) in [5.74, 6) is 1.60. The molecule has 1 heterocycles. The van der Waals surface area contributed by atoms with Crippen LogP contribution in [-0.4, -0.2) is 33.0 Å². The van der Waals surface area contributed by atoms with Gasteiger partial charge in [-0.2, -0.15) is 5.10 Å². The zero-order valence-corrected chi connectivity index (χ0v) is 18.9. The van der Waals surface area contributed by atoms with Gasteiger partial charge in [-0.1, -0.05) is 12.1 Å². The summed E-state index contributed by atoms with van der Waals surface area (Å²) in [4.78, 5) is 12.8. The van der Waals surface area contributed by atoms with Gasteiger partial charge in [0, 0.05) is 17.8 Å². The van der Waals surface area contributed by atoms with Crippen molar-refractivity contribution >= 4 is 5.91 Å². The van der Waals surface area contributed by atoms with Crippen molar-refractivity contribution in [3.05, 3.63) is 48.3 Å². The number of benzene rings is 1. The molecule has 31 heavy (non-hydrogen) atoms. The Hall–Kier alpha value is -2.34. The van der Waals surface area contributed by atoms with Gasteiger partial charge in [-0.25, -0.2) is 0 Å². The molecule has 1 amide bonds. The Bertz CT molecular complexity index is 849. The number of nitrogens with one attached hydrogen (secondary N) is 1. The highest BCUT2D eigenvalue weighted by Crippen LogP contribution is 2.50. The minimum Gasteiger partial charge on any atom is -0.493 e. The summed E-state index contributed by atoms with van der Waals surface area (Å²) < 4.78 is 7.79. The standard InChI is InChI=1S/C25H35N3O3/c1-18(28-16-4-15-26-28)23(29)27-22(24(2,3)30)20-5-7-21(8-6-20)31-17-25-12-9-19(10-13-25)11-14-25/h4-8,15-16,18-19,22,30H,9-14,17H2,1-3H3,(H,27,29)/t18-,19?,22-,25?/m1/s1. The molecule has 0 radical (unpaired) electrons. The van der Waals surface area contributed by atoms with E-state index in [-0.39, 0.29) is 5.91 Å². The van der Waals surface area contributed by atoms with Gasteiger partial charge in [0.1, 0.15) is 11.8 Å². The van der Waals surface area contributed by atoms with Gasteiger partial charge in [-0.15, -0.1) is 0 Å². The Morgan fingerprint density at radius 2 is 1.90 bits per heavy atom. The van der Waals surface area contributed by atoms with Crippen LogP contribution in [-0.2, 0) is 4.79 Å². The van der Waals surface area contributed by atoms with Crippen LogP contribution in [0.15, 0.2) is 42.7 Å². The van der Waals surface area contributed by atoms with Crippen molar-refractivity contribution in [3.8, 4) is 5.75 Å². The number of aromatic nitrogens is 2. The molecule has 3 aliphatic carbocycles. The van der Waals surface area contributed by atoms with E-state index in [0.717, 1.165) is 23.8 Å². The number of rotatable bonds is 8. The van der Waals surface area contributed by atoms with Crippen molar-refractivity contribution < 1.29 is 14.6 Å². The molecule has 2 N–H and O–H groups in total. The molecule has 0 spiro atoms. The van der Waals surface area contributed by atoms with Crippen molar-refractivity contribution in [2.24, 2.45) is 11.3 Å². The quantitative estimate of drug-likeness (QED) is 0.656. The van der Waals surface area contributed by atoms with Crippen molar-refractivity contribution in [3.63, 3.8) is 0 Å². The molecule has 0 saturated heterocycles. The first-order valence-corrected chi connectivity index (χ1v) is 11.5. The highest BCUT2D eigenvalue weighted by molar-refractivity contribution is 5.80. The molecule has 1 aromatic carbocycles. The molecule has 6 nitrogen and oxygen atoms in total. The van der Waals surface area contributed by atoms with E-state index in [9.17, 15) is 9.90 Å². The second-order valence-electron chi connectivity index (χ2n) is 10.1. The summed E-state index contributed by atoms with van der Waals surface area (Å²) in [7, 11) is 0. The minimum absolute atomic E-state index is 0.192. The van der Waals surface area contributed by atoms with Gasteiger partial charge < -0.3 is 15.2 Å². The predicted molar refractivity (Wildman–Crippen MR) is 120 cm³/mol. The van der Waals surface area contributed by atoms with Crippen LogP contribution in [0.1, 0.15) is 76.9 Å². The lowest BCUT2D eigenvalue weighted by Crippen LogP contribution is -2.44. The fourth-order valence-corrected chi connectivity index (χ4v) is 5.11. The fourth-order valence-electron chi connectivity index (χ4n) is 5.11. The van der Waals surface area contributed by atoms with Crippen LogP contribution >= 0.6 is 0 Å². The maximum Gasteiger partial charge on any atom is 0.245 e. The van der Waals surface area contributed by atoms with Crippen molar-refractivity contribution in [2.45, 2.75) is 77.0 Å². The Balaban J connectivity index is 1.41. The largest absolute Gasteiger partial charge is 0.493 e. The molecule has 3 saturated carbocycles. The van der Waals surface area contributed by atoms with Crippen LogP contribution in [0.5, 0.6) is 5.75 Å². The number of fused-ring (bicyclic) bond motifs is 3. The molecular weight excluding hydrogens is 390 g/mol. The molecule has 6 heteroatoms. The number of ether oxygens (including phenoxy) is 1. The lowest BCUT2D eigenvalue weighted by molar-refractivity contribution is -0.126. The summed E-state index contributed by atoms with van der Waals surface area (Å²) >= 11 is 0. The average molecular weight is 426 g/mol. The van der Waals surface area contributed by atoms with E-state index in [1.165, 1.54) is 38.5 Å². The molecular formula is C25H35N3O3. The summed E-state index contributed by atoms with van der Waals surface area (Å²) in [6, 6.07) is 8.55. The third-order valence-electron chi connectivity index (χ3n) is 7.30.